The van der Waals surface area contributed by atoms with Crippen molar-refractivity contribution in [1.29, 1.82) is 0 Å². The molecular formula is C24H29N3O3S. The van der Waals surface area contributed by atoms with Crippen molar-refractivity contribution < 1.29 is 14.3 Å². The Bertz CT molecular complexity index is 1040. The zero-order chi connectivity index (χ0) is 21.8. The predicted molar refractivity (Wildman–Crippen MR) is 122 cm³/mol. The third kappa shape index (κ3) is 3.78. The Hall–Kier alpha value is -2.25. The molecule has 1 fully saturated rings. The monoisotopic (exact) mass is 439 g/mol. The van der Waals surface area contributed by atoms with Crippen LogP contribution in [-0.4, -0.2) is 49.0 Å². The van der Waals surface area contributed by atoms with E-state index in [-0.39, 0.29) is 17.1 Å². The second kappa shape index (κ2) is 7.71. The fourth-order valence-corrected chi connectivity index (χ4v) is 6.10. The van der Waals surface area contributed by atoms with Gasteiger partial charge in [-0.3, -0.25) is 9.59 Å². The lowest BCUT2D eigenvalue weighted by Gasteiger charge is -2.39. The van der Waals surface area contributed by atoms with Crippen molar-refractivity contribution in [1.82, 2.24) is 4.98 Å². The topological polar surface area (TPSA) is 62.7 Å². The number of aryl methyl sites for hydroxylation is 2. The molecule has 0 spiro atoms. The van der Waals surface area contributed by atoms with Gasteiger partial charge in [-0.25, -0.2) is 4.98 Å². The minimum atomic E-state index is -0.420. The second-order valence-electron chi connectivity index (χ2n) is 9.72. The average Bonchev–Trinajstić information content (AvgIpc) is 3.15. The lowest BCUT2D eigenvalue weighted by atomic mass is 9.78. The van der Waals surface area contributed by atoms with Crippen LogP contribution in [0.2, 0.25) is 0 Å². The van der Waals surface area contributed by atoms with Gasteiger partial charge in [0.1, 0.15) is 6.04 Å². The van der Waals surface area contributed by atoms with E-state index in [0.717, 1.165) is 47.2 Å². The molecule has 1 atom stereocenters. The molecule has 2 aromatic rings. The first-order valence-electron chi connectivity index (χ1n) is 11.1. The summed E-state index contributed by atoms with van der Waals surface area (Å²) in [6.45, 7) is 8.55. The molecule has 1 aromatic heterocycles. The van der Waals surface area contributed by atoms with Gasteiger partial charge in [0, 0.05) is 25.2 Å². The number of ether oxygens (including phenoxy) is 1. The van der Waals surface area contributed by atoms with Crippen molar-refractivity contribution in [3.8, 4) is 0 Å². The lowest BCUT2D eigenvalue weighted by molar-refractivity contribution is -0.122. The summed E-state index contributed by atoms with van der Waals surface area (Å²) in [6.07, 6.45) is 3.32. The number of fused-ring (bicyclic) bond motifs is 2. The number of Topliss-reactive ketones (excluding diaryl/α,β-unsaturated/α-hetero) is 1. The summed E-state index contributed by atoms with van der Waals surface area (Å²) in [5.41, 5.74) is 4.29. The van der Waals surface area contributed by atoms with Crippen LogP contribution in [0.15, 0.2) is 18.2 Å². The van der Waals surface area contributed by atoms with Gasteiger partial charge in [-0.2, -0.15) is 0 Å². The number of amides is 1. The fourth-order valence-electron chi connectivity index (χ4n) is 5.00. The molecule has 7 heteroatoms. The number of nitrogens with zero attached hydrogens (tertiary/aromatic N) is 3. The van der Waals surface area contributed by atoms with Gasteiger partial charge < -0.3 is 14.5 Å². The van der Waals surface area contributed by atoms with Crippen molar-refractivity contribution in [2.45, 2.75) is 52.5 Å². The minimum Gasteiger partial charge on any atom is -0.377 e. The Labute approximate surface area is 187 Å². The number of anilines is 2. The molecule has 1 aromatic carbocycles. The van der Waals surface area contributed by atoms with Gasteiger partial charge in [-0.05, 0) is 43.2 Å². The molecule has 3 heterocycles. The molecule has 3 aliphatic rings. The van der Waals surface area contributed by atoms with E-state index < -0.39 is 6.04 Å². The quantitative estimate of drug-likeness (QED) is 0.712. The first-order chi connectivity index (χ1) is 14.8. The van der Waals surface area contributed by atoms with Crippen LogP contribution in [-0.2, 0) is 22.4 Å². The Morgan fingerprint density at radius 3 is 2.94 bits per heavy atom. The van der Waals surface area contributed by atoms with Crippen molar-refractivity contribution in [3.63, 3.8) is 0 Å². The Kier molecular flexibility index (Phi) is 5.13. The maximum Gasteiger partial charge on any atom is 0.252 e. The summed E-state index contributed by atoms with van der Waals surface area (Å²) in [5.74, 6) is 0.232. The molecule has 5 rings (SSSR count). The first kappa shape index (κ1) is 20.6. The third-order valence-corrected chi connectivity index (χ3v) is 7.68. The van der Waals surface area contributed by atoms with E-state index in [1.54, 1.807) is 0 Å². The van der Waals surface area contributed by atoms with E-state index in [1.165, 1.54) is 22.5 Å². The highest BCUT2D eigenvalue weighted by Gasteiger charge is 2.39. The average molecular weight is 440 g/mol. The summed E-state index contributed by atoms with van der Waals surface area (Å²) in [5, 5.41) is 0.777. The van der Waals surface area contributed by atoms with E-state index in [9.17, 15) is 9.59 Å². The number of morpholine rings is 1. The number of thiazole rings is 1. The molecule has 0 radical (unpaired) electrons. The molecule has 31 heavy (non-hydrogen) atoms. The van der Waals surface area contributed by atoms with Crippen LogP contribution in [0.25, 0.3) is 0 Å². The van der Waals surface area contributed by atoms with Crippen LogP contribution in [0.3, 0.4) is 0 Å². The Morgan fingerprint density at radius 1 is 1.26 bits per heavy atom. The molecule has 1 saturated heterocycles. The molecule has 164 valence electrons. The number of carbonyl (C=O) groups excluding carboxylic acids is 2. The third-order valence-electron chi connectivity index (χ3n) is 6.50. The van der Waals surface area contributed by atoms with Crippen LogP contribution in [0, 0.1) is 12.3 Å². The highest BCUT2D eigenvalue weighted by atomic mass is 32.1. The molecule has 0 bridgehead atoms. The summed E-state index contributed by atoms with van der Waals surface area (Å²) in [4.78, 5) is 36.0. The van der Waals surface area contributed by atoms with Gasteiger partial charge in [0.15, 0.2) is 10.9 Å². The van der Waals surface area contributed by atoms with Crippen molar-refractivity contribution >= 4 is 33.8 Å². The largest absolute Gasteiger partial charge is 0.377 e. The minimum absolute atomic E-state index is 0.0596. The number of hydrogen-bond acceptors (Lipinski definition) is 6. The zero-order valence-electron chi connectivity index (χ0n) is 18.4. The van der Waals surface area contributed by atoms with E-state index >= 15 is 0 Å². The number of carbonyl (C=O) groups is 2. The highest BCUT2D eigenvalue weighted by molar-refractivity contribution is 7.17. The maximum atomic E-state index is 13.7. The molecule has 1 unspecified atom stereocenters. The van der Waals surface area contributed by atoms with E-state index in [4.69, 9.17) is 9.72 Å². The van der Waals surface area contributed by atoms with Crippen molar-refractivity contribution in [2.24, 2.45) is 5.41 Å². The van der Waals surface area contributed by atoms with Crippen LogP contribution in [0.4, 0.5) is 10.8 Å². The van der Waals surface area contributed by atoms with Crippen LogP contribution < -0.4 is 9.80 Å². The predicted octanol–water partition coefficient (Wildman–Crippen LogP) is 3.79. The summed E-state index contributed by atoms with van der Waals surface area (Å²) >= 11 is 1.45. The van der Waals surface area contributed by atoms with Gasteiger partial charge in [0.2, 0.25) is 0 Å². The number of aromatic nitrogens is 1. The summed E-state index contributed by atoms with van der Waals surface area (Å²) in [7, 11) is 0. The molecule has 0 saturated carbocycles. The normalized spacial score (nSPS) is 22.8. The molecule has 1 amide bonds. The number of benzene rings is 1. The molecule has 2 aliphatic heterocycles. The first-order valence-corrected chi connectivity index (χ1v) is 11.9. The summed E-state index contributed by atoms with van der Waals surface area (Å²) < 4.78 is 5.73. The molecular weight excluding hydrogens is 410 g/mol. The smallest absolute Gasteiger partial charge is 0.252 e. The molecule has 6 nitrogen and oxygen atoms in total. The lowest BCUT2D eigenvalue weighted by Crippen LogP contribution is -2.56. The fraction of sp³-hybridized carbons (Fsp3) is 0.542. The molecule has 0 N–H and O–H groups in total. The van der Waals surface area contributed by atoms with Crippen LogP contribution in [0.1, 0.15) is 53.2 Å². The van der Waals surface area contributed by atoms with Gasteiger partial charge in [-0.1, -0.05) is 42.9 Å². The van der Waals surface area contributed by atoms with Gasteiger partial charge in [0.25, 0.3) is 5.91 Å². The maximum absolute atomic E-state index is 13.7. The van der Waals surface area contributed by atoms with Gasteiger partial charge >= 0.3 is 0 Å². The number of hydrogen-bond donors (Lipinski definition) is 0. The SMILES string of the molecule is Cc1ccc2c(c1)CCCN2C(=O)C1COCCN1c1nc2c(s1)C(=O)CC(C)(C)C2. The highest BCUT2D eigenvalue weighted by Crippen LogP contribution is 2.40. The van der Waals surface area contributed by atoms with E-state index in [1.807, 2.05) is 4.90 Å². The van der Waals surface area contributed by atoms with Crippen LogP contribution >= 0.6 is 11.3 Å². The van der Waals surface area contributed by atoms with Crippen LogP contribution in [0.5, 0.6) is 0 Å². The number of ketones is 1. The van der Waals surface area contributed by atoms with Gasteiger partial charge in [-0.15, -0.1) is 0 Å². The van der Waals surface area contributed by atoms with Crippen molar-refractivity contribution in [3.05, 3.63) is 39.9 Å². The Balaban J connectivity index is 1.45. The molecule has 1 aliphatic carbocycles. The number of rotatable bonds is 2. The zero-order valence-corrected chi connectivity index (χ0v) is 19.3. The standard InChI is InChI=1S/C24H29N3O3S/c1-15-6-7-18-16(11-15)5-4-8-26(18)22(29)19-14-30-10-9-27(19)23-25-17-12-24(2,3)13-20(28)21(17)31-23/h6-7,11,19H,4-5,8-10,12-14H2,1-3H3. The summed E-state index contributed by atoms with van der Waals surface area (Å²) in [6, 6.07) is 5.91. The Morgan fingerprint density at radius 2 is 2.10 bits per heavy atom. The van der Waals surface area contributed by atoms with E-state index in [2.05, 4.69) is 43.9 Å². The van der Waals surface area contributed by atoms with E-state index in [0.29, 0.717) is 26.2 Å². The van der Waals surface area contributed by atoms with Gasteiger partial charge in [0.05, 0.1) is 23.8 Å². The van der Waals surface area contributed by atoms with Crippen molar-refractivity contribution in [2.75, 3.05) is 36.1 Å². The second-order valence-corrected chi connectivity index (χ2v) is 10.7.